The molecule has 1 aromatic carbocycles. The summed E-state index contributed by atoms with van der Waals surface area (Å²) in [5.41, 5.74) is -4.81. The predicted molar refractivity (Wildman–Crippen MR) is 188 cm³/mol. The lowest BCUT2D eigenvalue weighted by molar-refractivity contribution is -0.321. The molecule has 0 aromatic heterocycles. The smallest absolute Gasteiger partial charge is 0.338 e. The standard InChI is InChI=1S/C40H59NO11/c1-7-8-9-10-11-15-18-27(43)52-40-28-24(20-38(46,35(50-6)33(40)44)34(28)51-36(45)23-16-13-12-14-17-23)39-26(48-4)19-25(42)37(22-47-3)21-41(2)32(39)29(40)30(49-5)31(37)39/h12-14,16-17,24-26,28-35,42,44,46H,7-11,15,18-22H2,1-6H3/t24-,25-,26+,28-,29+,30+,31-,32?,33+,34-,35+,37+,38-,39+,40-/m1/s1. The van der Waals surface area contributed by atoms with Crippen molar-refractivity contribution in [2.24, 2.45) is 34.5 Å². The van der Waals surface area contributed by atoms with Gasteiger partial charge in [-0.25, -0.2) is 4.79 Å². The Labute approximate surface area is 307 Å². The molecule has 6 aliphatic rings. The van der Waals surface area contributed by atoms with Crippen molar-refractivity contribution in [3.8, 4) is 0 Å². The Morgan fingerprint density at radius 1 is 0.923 bits per heavy atom. The van der Waals surface area contributed by atoms with E-state index in [4.69, 9.17) is 28.4 Å². The summed E-state index contributed by atoms with van der Waals surface area (Å²) in [5, 5.41) is 37.8. The molecule has 3 N–H and O–H groups in total. The van der Waals surface area contributed by atoms with E-state index in [0.717, 1.165) is 32.1 Å². The van der Waals surface area contributed by atoms with Gasteiger partial charge in [-0.2, -0.15) is 0 Å². The maximum Gasteiger partial charge on any atom is 0.338 e. The summed E-state index contributed by atoms with van der Waals surface area (Å²) >= 11 is 0. The van der Waals surface area contributed by atoms with E-state index in [0.29, 0.717) is 24.9 Å². The van der Waals surface area contributed by atoms with Crippen LogP contribution in [0, 0.1) is 34.5 Å². The number of benzene rings is 1. The number of carbonyl (C=O) groups excluding carboxylic acids is 2. The molecule has 1 saturated heterocycles. The first-order valence-corrected chi connectivity index (χ1v) is 19.3. The fraction of sp³-hybridized carbons (Fsp3) is 0.800. The number of hydrogen-bond acceptors (Lipinski definition) is 12. The van der Waals surface area contributed by atoms with Gasteiger partial charge in [0.25, 0.3) is 0 Å². The van der Waals surface area contributed by atoms with Gasteiger partial charge >= 0.3 is 11.9 Å². The second-order valence-electron chi connectivity index (χ2n) is 16.7. The van der Waals surface area contributed by atoms with E-state index in [1.807, 2.05) is 7.05 Å². The van der Waals surface area contributed by atoms with Crippen LogP contribution in [0.1, 0.15) is 75.1 Å². The summed E-state index contributed by atoms with van der Waals surface area (Å²) in [7, 11) is 8.34. The number of likely N-dealkylation sites (tertiary alicyclic amines) is 1. The zero-order chi connectivity index (χ0) is 37.2. The van der Waals surface area contributed by atoms with Gasteiger partial charge in [0, 0.05) is 82.5 Å². The fourth-order valence-electron chi connectivity index (χ4n) is 13.3. The van der Waals surface area contributed by atoms with E-state index in [-0.39, 0.29) is 31.4 Å². The van der Waals surface area contributed by atoms with Crippen molar-refractivity contribution >= 4 is 11.9 Å². The molecule has 6 fully saturated rings. The summed E-state index contributed by atoms with van der Waals surface area (Å²) in [5.74, 6) is -3.49. The molecule has 12 nitrogen and oxygen atoms in total. The molecule has 5 aliphatic carbocycles. The van der Waals surface area contributed by atoms with Crippen molar-refractivity contribution in [3.05, 3.63) is 35.9 Å². The van der Waals surface area contributed by atoms with Gasteiger partial charge in [-0.3, -0.25) is 4.79 Å². The van der Waals surface area contributed by atoms with E-state index in [1.165, 1.54) is 7.11 Å². The number of methoxy groups -OCH3 is 4. The largest absolute Gasteiger partial charge is 0.455 e. The minimum atomic E-state index is -1.84. The number of fused-ring (bicyclic) bond motifs is 2. The highest BCUT2D eigenvalue weighted by molar-refractivity contribution is 5.89. The zero-order valence-electron chi connectivity index (χ0n) is 31.6. The molecule has 0 amide bonds. The summed E-state index contributed by atoms with van der Waals surface area (Å²) in [6, 6.07) is 8.25. The summed E-state index contributed by atoms with van der Waals surface area (Å²) < 4.78 is 38.2. The molecule has 1 spiro atoms. The number of esters is 2. The lowest BCUT2D eigenvalue weighted by Gasteiger charge is -2.70. The molecule has 0 radical (unpaired) electrons. The van der Waals surface area contributed by atoms with Gasteiger partial charge in [-0.1, -0.05) is 57.2 Å². The van der Waals surface area contributed by atoms with Crippen LogP contribution in [0.25, 0.3) is 0 Å². The van der Waals surface area contributed by atoms with Crippen LogP contribution in [-0.4, -0.2) is 135 Å². The molecule has 290 valence electrons. The van der Waals surface area contributed by atoms with Crippen molar-refractivity contribution in [1.29, 1.82) is 0 Å². The quantitative estimate of drug-likeness (QED) is 0.180. The number of aliphatic hydroxyl groups is 3. The monoisotopic (exact) mass is 729 g/mol. The predicted octanol–water partition coefficient (Wildman–Crippen LogP) is 2.99. The van der Waals surface area contributed by atoms with Gasteiger partial charge in [0.15, 0.2) is 5.60 Å². The summed E-state index contributed by atoms with van der Waals surface area (Å²) in [6.07, 6.45) is 0.555. The topological polar surface area (TPSA) is 153 Å². The van der Waals surface area contributed by atoms with Crippen LogP contribution in [0.15, 0.2) is 30.3 Å². The van der Waals surface area contributed by atoms with E-state index in [1.54, 1.807) is 51.7 Å². The van der Waals surface area contributed by atoms with Gasteiger partial charge in [0.1, 0.15) is 23.9 Å². The van der Waals surface area contributed by atoms with Crippen molar-refractivity contribution in [2.45, 2.75) is 119 Å². The zero-order valence-corrected chi connectivity index (χ0v) is 31.6. The number of ether oxygens (including phenoxy) is 6. The maximum atomic E-state index is 14.3. The Balaban J connectivity index is 1.42. The lowest BCUT2D eigenvalue weighted by Crippen LogP contribution is -2.81. The third-order valence-electron chi connectivity index (χ3n) is 14.6. The molecule has 15 atom stereocenters. The molecule has 1 aromatic rings. The van der Waals surface area contributed by atoms with Gasteiger partial charge in [-0.05, 0) is 37.9 Å². The van der Waals surface area contributed by atoms with Crippen molar-refractivity contribution in [1.82, 2.24) is 4.90 Å². The maximum absolute atomic E-state index is 14.3. The molecule has 1 unspecified atom stereocenters. The number of unbranched alkanes of at least 4 members (excludes halogenated alkanes) is 5. The van der Waals surface area contributed by atoms with Crippen LogP contribution >= 0.6 is 0 Å². The van der Waals surface area contributed by atoms with Crippen LogP contribution < -0.4 is 0 Å². The Morgan fingerprint density at radius 3 is 2.29 bits per heavy atom. The SMILES string of the molecule is CCCCCCCCC(=O)O[C@]12[C@H]3[C@@H](OC(=O)c4ccccc4)[C@](O)(C[C@H]3[C@@]34C5[C@@H]1[C@H](OC)[C@@H]3[C@](COC)(CN5C)[C@H](O)C[C@@H]4OC)[C@@H](OC)[C@@H]2O. The van der Waals surface area contributed by atoms with Gasteiger partial charge in [-0.15, -0.1) is 0 Å². The minimum absolute atomic E-state index is 0.0830. The number of aliphatic hydroxyl groups excluding tert-OH is 2. The number of carbonyl (C=O) groups is 2. The first kappa shape index (κ1) is 38.1. The van der Waals surface area contributed by atoms with Crippen LogP contribution in [0.3, 0.4) is 0 Å². The first-order chi connectivity index (χ1) is 25.0. The van der Waals surface area contributed by atoms with E-state index in [9.17, 15) is 24.9 Å². The van der Waals surface area contributed by atoms with Crippen LogP contribution in [0.2, 0.25) is 0 Å². The van der Waals surface area contributed by atoms with E-state index in [2.05, 4.69) is 11.8 Å². The van der Waals surface area contributed by atoms with Crippen molar-refractivity contribution in [2.75, 3.05) is 48.6 Å². The highest BCUT2D eigenvalue weighted by Crippen LogP contribution is 2.80. The Kier molecular flexibility index (Phi) is 10.4. The van der Waals surface area contributed by atoms with Crippen molar-refractivity contribution in [3.63, 3.8) is 0 Å². The second kappa shape index (κ2) is 14.2. The number of piperidine rings is 1. The molecule has 1 heterocycles. The summed E-state index contributed by atoms with van der Waals surface area (Å²) in [6.45, 7) is 2.88. The Morgan fingerprint density at radius 2 is 1.63 bits per heavy atom. The second-order valence-corrected chi connectivity index (χ2v) is 16.7. The number of rotatable bonds is 15. The van der Waals surface area contributed by atoms with Gasteiger partial charge in [0.05, 0.1) is 30.5 Å². The van der Waals surface area contributed by atoms with Crippen LogP contribution in [0.4, 0.5) is 0 Å². The molecule has 7 rings (SSSR count). The first-order valence-electron chi connectivity index (χ1n) is 19.3. The van der Waals surface area contributed by atoms with Gasteiger partial charge < -0.3 is 48.6 Å². The fourth-order valence-corrected chi connectivity index (χ4v) is 13.3. The van der Waals surface area contributed by atoms with Crippen molar-refractivity contribution < 1.29 is 53.3 Å². The normalized spacial score (nSPS) is 45.5. The third kappa shape index (κ3) is 5.00. The molecular formula is C40H59NO11. The molecule has 1 aliphatic heterocycles. The molecule has 12 heteroatoms. The Hall–Kier alpha value is -2.16. The molecule has 7 bridgehead atoms. The third-order valence-corrected chi connectivity index (χ3v) is 14.6. The average Bonchev–Trinajstić information content (AvgIpc) is 3.52. The van der Waals surface area contributed by atoms with E-state index >= 15 is 0 Å². The van der Waals surface area contributed by atoms with Crippen LogP contribution in [-0.2, 0) is 33.2 Å². The number of nitrogens with zero attached hydrogens (tertiary/aromatic N) is 1. The molecule has 5 saturated carbocycles. The van der Waals surface area contributed by atoms with Crippen LogP contribution in [0.5, 0.6) is 0 Å². The van der Waals surface area contributed by atoms with Gasteiger partial charge in [0.2, 0.25) is 0 Å². The average molecular weight is 730 g/mol. The minimum Gasteiger partial charge on any atom is -0.455 e. The summed E-state index contributed by atoms with van der Waals surface area (Å²) in [4.78, 5) is 30.4. The number of hydrogen-bond donors (Lipinski definition) is 3. The molecule has 52 heavy (non-hydrogen) atoms. The highest BCUT2D eigenvalue weighted by Gasteiger charge is 2.92. The lowest BCUT2D eigenvalue weighted by atomic mass is 9.42. The van der Waals surface area contributed by atoms with E-state index < -0.39 is 88.3 Å². The molecular weight excluding hydrogens is 670 g/mol. The highest BCUT2D eigenvalue weighted by atomic mass is 16.6. The Bertz CT molecular complexity index is 1460.